The van der Waals surface area contributed by atoms with Crippen LogP contribution in [0.25, 0.3) is 0 Å². The van der Waals surface area contributed by atoms with E-state index in [1.54, 1.807) is 6.92 Å². The molecular formula is C43H92FN7O. The van der Waals surface area contributed by atoms with Gasteiger partial charge in [0.25, 0.3) is 0 Å². The van der Waals surface area contributed by atoms with E-state index >= 15 is 0 Å². The van der Waals surface area contributed by atoms with E-state index in [0.29, 0.717) is 37.2 Å². The molecule has 7 aliphatic heterocycles. The summed E-state index contributed by atoms with van der Waals surface area (Å²) in [5, 5.41) is 21.4. The summed E-state index contributed by atoms with van der Waals surface area (Å²) in [6.45, 7) is 32.7. The maximum absolute atomic E-state index is 12.8. The van der Waals surface area contributed by atoms with Crippen LogP contribution in [0.5, 0.6) is 0 Å². The third-order valence-electron chi connectivity index (χ3n) is 11.8. The number of nitrogens with zero attached hydrogens (tertiary/aromatic N) is 3. The predicted octanol–water partition coefficient (Wildman–Crippen LogP) is 7.20. The van der Waals surface area contributed by atoms with Gasteiger partial charge in [0.05, 0.1) is 6.61 Å². The van der Waals surface area contributed by atoms with Crippen LogP contribution in [0, 0.1) is 0 Å². The zero-order chi connectivity index (χ0) is 40.1. The van der Waals surface area contributed by atoms with E-state index in [9.17, 15) is 4.39 Å². The van der Waals surface area contributed by atoms with E-state index in [0.717, 1.165) is 43.7 Å². The number of aliphatic hydroxyl groups is 1. The summed E-state index contributed by atoms with van der Waals surface area (Å²) in [5.41, 5.74) is -0.501. The molecule has 0 saturated carbocycles. The molecule has 7 heterocycles. The van der Waals surface area contributed by atoms with Crippen LogP contribution in [-0.4, -0.2) is 139 Å². The van der Waals surface area contributed by atoms with Crippen LogP contribution in [-0.2, 0) is 0 Å². The summed E-state index contributed by atoms with van der Waals surface area (Å²) in [6.07, 6.45) is 16.5. The van der Waals surface area contributed by atoms with Crippen LogP contribution in [0.2, 0.25) is 0 Å². The smallest absolute Gasteiger partial charge is 0.122 e. The fourth-order valence-corrected chi connectivity index (χ4v) is 8.07. The SMILES string of the molecule is CC(C)N1CCC[C@H]1C.CC1(C)CCCN1.C[C@@H]1CC(C)(F)CN1.C[C@@H]1CCCN1.C[C@@H]1CCCN1C.C[C@@H]1CCCN1CCO.[2H][C@@]1(C)CCCN1. The van der Waals surface area contributed by atoms with Gasteiger partial charge in [-0.2, -0.15) is 0 Å². The third kappa shape index (κ3) is 23.5. The number of alkyl halides is 1. The van der Waals surface area contributed by atoms with Gasteiger partial charge in [0.15, 0.2) is 0 Å². The summed E-state index contributed by atoms with van der Waals surface area (Å²) >= 11 is 0. The van der Waals surface area contributed by atoms with Crippen LogP contribution >= 0.6 is 0 Å². The number of halogens is 1. The molecule has 0 bridgehead atoms. The summed E-state index contributed by atoms with van der Waals surface area (Å²) < 4.78 is 20.2. The van der Waals surface area contributed by atoms with Crippen molar-refractivity contribution in [3.05, 3.63) is 0 Å². The number of nitrogens with one attached hydrogen (secondary N) is 4. The highest BCUT2D eigenvalue weighted by Gasteiger charge is 2.31. The van der Waals surface area contributed by atoms with Crippen molar-refractivity contribution in [3.8, 4) is 0 Å². The van der Waals surface area contributed by atoms with Crippen molar-refractivity contribution in [2.24, 2.45) is 0 Å². The Morgan fingerprint density at radius 1 is 0.731 bits per heavy atom. The Morgan fingerprint density at radius 2 is 1.35 bits per heavy atom. The van der Waals surface area contributed by atoms with Gasteiger partial charge >= 0.3 is 0 Å². The molecule has 1 unspecified atom stereocenters. The van der Waals surface area contributed by atoms with Gasteiger partial charge in [0.1, 0.15) is 5.67 Å². The Kier molecular flexibility index (Phi) is 25.0. The molecule has 0 aromatic carbocycles. The first-order chi connectivity index (χ1) is 24.8. The van der Waals surface area contributed by atoms with Crippen molar-refractivity contribution in [3.63, 3.8) is 0 Å². The molecule has 9 heteroatoms. The lowest BCUT2D eigenvalue weighted by Crippen LogP contribution is -2.33. The second kappa shape index (κ2) is 27.2. The maximum Gasteiger partial charge on any atom is 0.122 e. The van der Waals surface area contributed by atoms with Crippen LogP contribution in [0.4, 0.5) is 4.39 Å². The molecule has 8 nitrogen and oxygen atoms in total. The molecular weight excluding hydrogens is 650 g/mol. The van der Waals surface area contributed by atoms with Crippen molar-refractivity contribution < 1.29 is 10.9 Å². The second-order valence-electron chi connectivity index (χ2n) is 18.2. The second-order valence-corrected chi connectivity index (χ2v) is 18.2. The van der Waals surface area contributed by atoms with Crippen molar-refractivity contribution in [1.29, 1.82) is 0 Å². The zero-order valence-electron chi connectivity index (χ0n) is 37.7. The van der Waals surface area contributed by atoms with E-state index in [-0.39, 0.29) is 6.02 Å². The zero-order valence-corrected chi connectivity index (χ0v) is 36.7. The minimum atomic E-state index is -0.945. The van der Waals surface area contributed by atoms with Gasteiger partial charge in [-0.05, 0) is 206 Å². The molecule has 312 valence electrons. The summed E-state index contributed by atoms with van der Waals surface area (Å²) in [6, 6.07) is 4.00. The van der Waals surface area contributed by atoms with Crippen molar-refractivity contribution in [1.82, 2.24) is 36.0 Å². The highest BCUT2D eigenvalue weighted by Crippen LogP contribution is 2.22. The average molecular weight is 743 g/mol. The first kappa shape index (κ1) is 47.8. The lowest BCUT2D eigenvalue weighted by Gasteiger charge is -2.24. The Hall–Kier alpha value is -0.390. The number of aliphatic hydroxyl groups excluding tert-OH is 1. The van der Waals surface area contributed by atoms with Crippen LogP contribution < -0.4 is 21.3 Å². The van der Waals surface area contributed by atoms with E-state index in [4.69, 9.17) is 6.48 Å². The average Bonchev–Trinajstić information content (AvgIpc) is 3.94. The number of hydrogen-bond acceptors (Lipinski definition) is 8. The molecule has 0 amide bonds. The van der Waals surface area contributed by atoms with Gasteiger partial charge in [0, 0.05) is 62.3 Å². The first-order valence-electron chi connectivity index (χ1n) is 22.2. The van der Waals surface area contributed by atoms with E-state index in [2.05, 4.69) is 98.4 Å². The number of rotatable bonds is 3. The largest absolute Gasteiger partial charge is 0.395 e. The highest BCUT2D eigenvalue weighted by molar-refractivity contribution is 4.88. The predicted molar refractivity (Wildman–Crippen MR) is 226 cm³/mol. The third-order valence-corrected chi connectivity index (χ3v) is 11.8. The molecule has 5 N–H and O–H groups in total. The number of β-amino-alcohol motifs (C(OH)–C–C–N with tert-alkyl or cyclic N) is 1. The summed E-state index contributed by atoms with van der Waals surface area (Å²) in [5.74, 6) is 0. The quantitative estimate of drug-likeness (QED) is 0.208. The highest BCUT2D eigenvalue weighted by atomic mass is 19.1. The normalized spacial score (nSPS) is 35.7. The Labute approximate surface area is 325 Å². The minimum Gasteiger partial charge on any atom is -0.395 e. The first-order valence-corrected chi connectivity index (χ1v) is 21.7. The molecule has 52 heavy (non-hydrogen) atoms. The fraction of sp³-hybridized carbons (Fsp3) is 1.00. The van der Waals surface area contributed by atoms with E-state index in [1.165, 1.54) is 103 Å². The standard InChI is InChI=1S/C8H17N.C7H15NO.C6H12FN.2C6H13N.2C5H11N/c1-7(2)9-6-4-5-8(9)3;1-7-3-2-4-8(7)5-6-9;1-5-3-6(2,7)4-8-5;1-6-4-3-5-7(6)2;1-6(2)4-3-5-7-6;2*1-5-3-2-4-6-5/h7-8H,4-6H2,1-3H3;7,9H,2-6H2,1H3;5,8H,3-4H2,1-2H3;6H,3-5H2,1-2H3;7H,3-5H2,1-2H3;2*5-6H,2-4H2,1H3/t8-;7-;5-,6?;6-;;2*5-/m1111.11/s1/i;;;;;5D;. The van der Waals surface area contributed by atoms with Crippen molar-refractivity contribution in [2.45, 2.75) is 213 Å². The number of likely N-dealkylation sites (tertiary alicyclic amines) is 3. The Balaban J connectivity index is 0.000000310. The molecule has 7 aliphatic rings. The van der Waals surface area contributed by atoms with E-state index < -0.39 is 5.67 Å². The monoisotopic (exact) mass is 743 g/mol. The fourth-order valence-electron chi connectivity index (χ4n) is 8.07. The Bertz CT molecular complexity index is 860. The molecule has 7 atom stereocenters. The van der Waals surface area contributed by atoms with Gasteiger partial charge in [-0.1, -0.05) is 0 Å². The maximum atomic E-state index is 12.8. The van der Waals surface area contributed by atoms with Crippen LogP contribution in [0.15, 0.2) is 0 Å². The van der Waals surface area contributed by atoms with Crippen molar-refractivity contribution in [2.75, 3.05) is 66.0 Å². The van der Waals surface area contributed by atoms with Gasteiger partial charge in [0.2, 0.25) is 0 Å². The van der Waals surface area contributed by atoms with Crippen LogP contribution in [0.3, 0.4) is 0 Å². The molecule has 0 aliphatic carbocycles. The molecule has 7 rings (SSSR count). The summed E-state index contributed by atoms with van der Waals surface area (Å²) in [7, 11) is 2.19. The van der Waals surface area contributed by atoms with Gasteiger partial charge < -0.3 is 31.3 Å². The van der Waals surface area contributed by atoms with Gasteiger partial charge in [-0.25, -0.2) is 4.39 Å². The number of hydrogen-bond donors (Lipinski definition) is 5. The van der Waals surface area contributed by atoms with Gasteiger partial charge in [-0.15, -0.1) is 0 Å². The molecule has 7 saturated heterocycles. The lowest BCUT2D eigenvalue weighted by atomic mass is 10.0. The van der Waals surface area contributed by atoms with Gasteiger partial charge in [-0.3, -0.25) is 9.80 Å². The molecule has 0 spiro atoms. The molecule has 0 aromatic rings. The lowest BCUT2D eigenvalue weighted by molar-refractivity contribution is 0.192. The minimum absolute atomic E-state index is 0.306. The molecule has 0 radical (unpaired) electrons. The van der Waals surface area contributed by atoms with Crippen LogP contribution in [0.1, 0.15) is 161 Å². The van der Waals surface area contributed by atoms with Crippen molar-refractivity contribution >= 4 is 0 Å². The Morgan fingerprint density at radius 3 is 1.56 bits per heavy atom. The summed E-state index contributed by atoms with van der Waals surface area (Å²) in [4.78, 5) is 7.31. The van der Waals surface area contributed by atoms with E-state index in [1.807, 2.05) is 13.8 Å². The topological polar surface area (TPSA) is 78.1 Å². The molecule has 7 fully saturated rings. The molecule has 0 aromatic heterocycles.